The van der Waals surface area contributed by atoms with Crippen molar-refractivity contribution in [2.45, 2.75) is 13.8 Å². The van der Waals surface area contributed by atoms with Crippen molar-refractivity contribution in [3.05, 3.63) is 83.4 Å². The van der Waals surface area contributed by atoms with Crippen molar-refractivity contribution < 1.29 is 9.53 Å². The summed E-state index contributed by atoms with van der Waals surface area (Å²) in [6, 6.07) is 22.0. The highest BCUT2D eigenvalue weighted by Gasteiger charge is 2.14. The number of ether oxygens (including phenoxy) is 1. The molecule has 0 amide bonds. The molecular formula is C22H21NO2. The van der Waals surface area contributed by atoms with E-state index in [4.69, 9.17) is 4.74 Å². The number of carbonyl (C=O) groups excluding carboxylic acids is 1. The molecule has 0 unspecified atom stereocenters. The van der Waals surface area contributed by atoms with E-state index in [1.54, 1.807) is 7.11 Å². The summed E-state index contributed by atoms with van der Waals surface area (Å²) in [4.78, 5) is 13.1. The average Bonchev–Trinajstić information content (AvgIpc) is 2.65. The zero-order valence-electron chi connectivity index (χ0n) is 14.7. The lowest BCUT2D eigenvalue weighted by Crippen LogP contribution is -2.11. The van der Waals surface area contributed by atoms with Crippen LogP contribution in [0.2, 0.25) is 0 Å². The van der Waals surface area contributed by atoms with Crippen LogP contribution in [-0.2, 0) is 0 Å². The summed E-state index contributed by atoms with van der Waals surface area (Å²) in [5, 5.41) is 0. The zero-order chi connectivity index (χ0) is 17.8. The summed E-state index contributed by atoms with van der Waals surface area (Å²) in [6.45, 7) is 4.20. The van der Waals surface area contributed by atoms with Gasteiger partial charge < -0.3 is 9.64 Å². The van der Waals surface area contributed by atoms with Crippen LogP contribution >= 0.6 is 0 Å². The van der Waals surface area contributed by atoms with E-state index in [1.165, 1.54) is 11.1 Å². The molecule has 0 bridgehead atoms. The van der Waals surface area contributed by atoms with Crippen LogP contribution in [0, 0.1) is 13.8 Å². The number of aryl methyl sites for hydroxylation is 2. The van der Waals surface area contributed by atoms with E-state index in [0.29, 0.717) is 5.56 Å². The molecule has 25 heavy (non-hydrogen) atoms. The molecule has 0 aliphatic carbocycles. The van der Waals surface area contributed by atoms with E-state index in [1.807, 2.05) is 48.5 Å². The lowest BCUT2D eigenvalue weighted by Gasteiger charge is -2.27. The maximum Gasteiger partial charge on any atom is 0.150 e. The van der Waals surface area contributed by atoms with Gasteiger partial charge in [0.25, 0.3) is 0 Å². The van der Waals surface area contributed by atoms with Crippen LogP contribution in [0.5, 0.6) is 5.75 Å². The molecule has 3 aromatic carbocycles. The molecule has 126 valence electrons. The number of nitrogens with zero attached hydrogens (tertiary/aromatic N) is 1. The Morgan fingerprint density at radius 1 is 0.840 bits per heavy atom. The summed E-state index contributed by atoms with van der Waals surface area (Å²) < 4.78 is 5.27. The van der Waals surface area contributed by atoms with Gasteiger partial charge >= 0.3 is 0 Å². The number of aldehydes is 1. The molecule has 0 saturated heterocycles. The van der Waals surface area contributed by atoms with Gasteiger partial charge in [-0.25, -0.2) is 0 Å². The van der Waals surface area contributed by atoms with Crippen LogP contribution in [-0.4, -0.2) is 13.4 Å². The van der Waals surface area contributed by atoms with Gasteiger partial charge in [0.05, 0.1) is 7.11 Å². The third-order valence-corrected chi connectivity index (χ3v) is 4.21. The predicted octanol–water partition coefficient (Wildman–Crippen LogP) is 5.59. The van der Waals surface area contributed by atoms with E-state index < -0.39 is 0 Å². The Kier molecular flexibility index (Phi) is 4.85. The van der Waals surface area contributed by atoms with E-state index in [0.717, 1.165) is 29.1 Å². The third-order valence-electron chi connectivity index (χ3n) is 4.21. The highest BCUT2D eigenvalue weighted by atomic mass is 16.5. The van der Waals surface area contributed by atoms with Crippen LogP contribution in [0.25, 0.3) is 0 Å². The SMILES string of the molecule is COc1ccc(N(c2ccc(C=O)cc2)c2ccc(C)cc2C)cc1. The smallest absolute Gasteiger partial charge is 0.150 e. The molecule has 0 saturated carbocycles. The number of rotatable bonds is 5. The summed E-state index contributed by atoms with van der Waals surface area (Å²) >= 11 is 0. The van der Waals surface area contributed by atoms with Gasteiger partial charge in [0.2, 0.25) is 0 Å². The minimum atomic E-state index is 0.666. The van der Waals surface area contributed by atoms with E-state index in [-0.39, 0.29) is 0 Å². The van der Waals surface area contributed by atoms with E-state index in [2.05, 4.69) is 36.9 Å². The van der Waals surface area contributed by atoms with E-state index in [9.17, 15) is 4.79 Å². The third kappa shape index (κ3) is 3.56. The Hall–Kier alpha value is -3.07. The Morgan fingerprint density at radius 3 is 1.96 bits per heavy atom. The Morgan fingerprint density at radius 2 is 1.44 bits per heavy atom. The molecule has 3 nitrogen and oxygen atoms in total. The maximum atomic E-state index is 11.0. The van der Waals surface area contributed by atoms with Gasteiger partial charge in [-0.15, -0.1) is 0 Å². The van der Waals surface area contributed by atoms with Crippen LogP contribution in [0.15, 0.2) is 66.7 Å². The molecular weight excluding hydrogens is 310 g/mol. The number of carbonyl (C=O) groups is 1. The van der Waals surface area contributed by atoms with Crippen LogP contribution < -0.4 is 9.64 Å². The average molecular weight is 331 g/mol. The topological polar surface area (TPSA) is 29.5 Å². The van der Waals surface area contributed by atoms with Gasteiger partial charge in [-0.1, -0.05) is 17.7 Å². The van der Waals surface area contributed by atoms with Crippen molar-refractivity contribution in [2.75, 3.05) is 12.0 Å². The molecule has 0 atom stereocenters. The fourth-order valence-electron chi connectivity index (χ4n) is 2.92. The van der Waals surface area contributed by atoms with Crippen LogP contribution in [0.1, 0.15) is 21.5 Å². The number of anilines is 3. The highest BCUT2D eigenvalue weighted by Crippen LogP contribution is 2.37. The normalized spacial score (nSPS) is 10.4. The molecule has 3 heteroatoms. The summed E-state index contributed by atoms with van der Waals surface area (Å²) in [6.07, 6.45) is 0.860. The summed E-state index contributed by atoms with van der Waals surface area (Å²) in [5.74, 6) is 0.820. The van der Waals surface area contributed by atoms with Crippen molar-refractivity contribution in [2.24, 2.45) is 0 Å². The fourth-order valence-corrected chi connectivity index (χ4v) is 2.92. The minimum absolute atomic E-state index is 0.666. The second-order valence-electron chi connectivity index (χ2n) is 6.03. The van der Waals surface area contributed by atoms with Gasteiger partial charge in [0.1, 0.15) is 12.0 Å². The first kappa shape index (κ1) is 16.8. The second-order valence-corrected chi connectivity index (χ2v) is 6.03. The number of hydrogen-bond donors (Lipinski definition) is 0. The summed E-state index contributed by atoms with van der Waals surface area (Å²) in [7, 11) is 1.66. The first-order valence-corrected chi connectivity index (χ1v) is 8.19. The van der Waals surface area contributed by atoms with Gasteiger partial charge in [-0.05, 0) is 74.0 Å². The van der Waals surface area contributed by atoms with Crippen LogP contribution in [0.3, 0.4) is 0 Å². The molecule has 0 fully saturated rings. The molecule has 0 aromatic heterocycles. The Labute approximate surface area is 148 Å². The van der Waals surface area contributed by atoms with Gasteiger partial charge in [-0.2, -0.15) is 0 Å². The molecule has 0 aliphatic heterocycles. The van der Waals surface area contributed by atoms with E-state index >= 15 is 0 Å². The molecule has 0 N–H and O–H groups in total. The Bertz CT molecular complexity index is 868. The standard InChI is InChI=1S/C22H21NO2/c1-16-4-13-22(17(2)14-16)23(19-7-5-18(15-24)6-8-19)20-9-11-21(25-3)12-10-20/h4-15H,1-3H3. The number of benzene rings is 3. The molecule has 0 aliphatic rings. The Balaban J connectivity index is 2.13. The van der Waals surface area contributed by atoms with Crippen LogP contribution in [0.4, 0.5) is 17.1 Å². The minimum Gasteiger partial charge on any atom is -0.497 e. The second kappa shape index (κ2) is 7.22. The van der Waals surface area contributed by atoms with Gasteiger partial charge in [0.15, 0.2) is 0 Å². The van der Waals surface area contributed by atoms with Crippen molar-refractivity contribution in [1.82, 2.24) is 0 Å². The molecule has 0 heterocycles. The monoisotopic (exact) mass is 331 g/mol. The number of hydrogen-bond acceptors (Lipinski definition) is 3. The lowest BCUT2D eigenvalue weighted by atomic mass is 10.1. The van der Waals surface area contributed by atoms with Crippen molar-refractivity contribution >= 4 is 23.3 Å². The number of methoxy groups -OCH3 is 1. The predicted molar refractivity (Wildman–Crippen MR) is 103 cm³/mol. The first-order valence-electron chi connectivity index (χ1n) is 8.19. The highest BCUT2D eigenvalue weighted by molar-refractivity contribution is 5.81. The molecule has 3 aromatic rings. The molecule has 0 spiro atoms. The van der Waals surface area contributed by atoms with Crippen molar-refractivity contribution in [3.63, 3.8) is 0 Å². The zero-order valence-corrected chi connectivity index (χ0v) is 14.7. The van der Waals surface area contributed by atoms with Crippen molar-refractivity contribution in [3.8, 4) is 5.75 Å². The van der Waals surface area contributed by atoms with Gasteiger partial charge in [0, 0.05) is 22.6 Å². The van der Waals surface area contributed by atoms with Crippen molar-refractivity contribution in [1.29, 1.82) is 0 Å². The molecule has 3 rings (SSSR count). The largest absolute Gasteiger partial charge is 0.497 e. The molecule has 0 radical (unpaired) electrons. The maximum absolute atomic E-state index is 11.0. The van der Waals surface area contributed by atoms with Gasteiger partial charge in [-0.3, -0.25) is 4.79 Å². The summed E-state index contributed by atoms with van der Waals surface area (Å²) in [5.41, 5.74) is 6.23. The first-order chi connectivity index (χ1) is 12.1. The quantitative estimate of drug-likeness (QED) is 0.570. The lowest BCUT2D eigenvalue weighted by molar-refractivity contribution is 0.112. The fraction of sp³-hybridized carbons (Fsp3) is 0.136.